The number of nitrogens with zero attached hydrogens (tertiary/aromatic N) is 3. The highest BCUT2D eigenvalue weighted by atomic mass is 14.8. The highest BCUT2D eigenvalue weighted by molar-refractivity contribution is 6.20. The van der Waals surface area contributed by atoms with Crippen molar-refractivity contribution in [2.45, 2.75) is 5.41 Å². The molecule has 0 amide bonds. The van der Waals surface area contributed by atoms with Crippen molar-refractivity contribution >= 4 is 43.5 Å². The smallest absolute Gasteiger partial charge is 0.0986 e. The zero-order valence-corrected chi connectivity index (χ0v) is 25.3. The van der Waals surface area contributed by atoms with Gasteiger partial charge >= 0.3 is 0 Å². The number of hydrogen-bond donors (Lipinski definition) is 0. The summed E-state index contributed by atoms with van der Waals surface area (Å²) in [5.41, 5.74) is 15.0. The maximum atomic E-state index is 5.52. The molecule has 0 saturated carbocycles. The molecule has 2 aliphatic rings. The van der Waals surface area contributed by atoms with E-state index < -0.39 is 5.41 Å². The Morgan fingerprint density at radius 2 is 1.04 bits per heavy atom. The Hall–Kier alpha value is -6.19. The Morgan fingerprint density at radius 1 is 0.404 bits per heavy atom. The molecule has 3 nitrogen and oxygen atoms in total. The van der Waals surface area contributed by atoms with Crippen molar-refractivity contribution in [3.05, 3.63) is 174 Å². The van der Waals surface area contributed by atoms with Crippen molar-refractivity contribution in [2.24, 2.45) is 0 Å². The fraction of sp³-hybridized carbons (Fsp3) is 0.0227. The predicted molar refractivity (Wildman–Crippen MR) is 192 cm³/mol. The molecule has 47 heavy (non-hydrogen) atoms. The van der Waals surface area contributed by atoms with Gasteiger partial charge in [0.05, 0.1) is 27.7 Å². The summed E-state index contributed by atoms with van der Waals surface area (Å²) < 4.78 is 0. The lowest BCUT2D eigenvalue weighted by Gasteiger charge is -2.30. The molecule has 9 aromatic rings. The van der Waals surface area contributed by atoms with Gasteiger partial charge in [-0.05, 0) is 68.1 Å². The van der Waals surface area contributed by atoms with Crippen LogP contribution in [0.25, 0.3) is 77.0 Å². The van der Waals surface area contributed by atoms with E-state index in [1.54, 1.807) is 0 Å². The molecule has 3 heteroatoms. The second-order valence-electron chi connectivity index (χ2n) is 12.7. The Morgan fingerprint density at radius 3 is 1.77 bits per heavy atom. The van der Waals surface area contributed by atoms with Crippen LogP contribution in [0.4, 0.5) is 0 Å². The van der Waals surface area contributed by atoms with Crippen molar-refractivity contribution in [3.8, 4) is 33.5 Å². The molecule has 0 atom stereocenters. The fourth-order valence-electron chi connectivity index (χ4n) is 8.66. The molecule has 1 spiro atoms. The number of benzene rings is 6. The van der Waals surface area contributed by atoms with Gasteiger partial charge in [-0.15, -0.1) is 0 Å². The SMILES string of the molecule is c1ccc2c(c1)-c1ccccc1C21c2ccccc2-c2ccc(-c3nc4c(cnc5c4ccc4cccnc45)c4ccccc34)cc21. The number of fused-ring (bicyclic) bond motifs is 17. The molecule has 0 saturated heterocycles. The van der Waals surface area contributed by atoms with E-state index >= 15 is 0 Å². The molecular formula is C44H25N3. The summed E-state index contributed by atoms with van der Waals surface area (Å²) in [7, 11) is 0. The molecule has 6 aromatic carbocycles. The minimum absolute atomic E-state index is 0.400. The number of hydrogen-bond acceptors (Lipinski definition) is 3. The topological polar surface area (TPSA) is 38.7 Å². The molecule has 3 heterocycles. The van der Waals surface area contributed by atoms with Crippen molar-refractivity contribution in [1.82, 2.24) is 15.0 Å². The van der Waals surface area contributed by atoms with E-state index in [1.165, 1.54) is 44.5 Å². The molecular weight excluding hydrogens is 571 g/mol. The van der Waals surface area contributed by atoms with E-state index in [1.807, 2.05) is 18.5 Å². The van der Waals surface area contributed by atoms with Gasteiger partial charge in [0.15, 0.2) is 0 Å². The second kappa shape index (κ2) is 8.96. The summed E-state index contributed by atoms with van der Waals surface area (Å²) in [6.07, 6.45) is 3.82. The van der Waals surface area contributed by atoms with E-state index in [0.717, 1.165) is 54.7 Å². The highest BCUT2D eigenvalue weighted by Crippen LogP contribution is 2.63. The van der Waals surface area contributed by atoms with Gasteiger partial charge in [-0.25, -0.2) is 4.98 Å². The van der Waals surface area contributed by atoms with Gasteiger partial charge < -0.3 is 0 Å². The normalized spacial score (nSPS) is 13.7. The second-order valence-corrected chi connectivity index (χ2v) is 12.7. The van der Waals surface area contributed by atoms with Crippen LogP contribution in [0.1, 0.15) is 22.3 Å². The van der Waals surface area contributed by atoms with Gasteiger partial charge in [0, 0.05) is 39.5 Å². The minimum Gasteiger partial charge on any atom is -0.254 e. The summed E-state index contributed by atoms with van der Waals surface area (Å²) in [5, 5.41) is 5.42. The lowest BCUT2D eigenvalue weighted by molar-refractivity contribution is 0.794. The Bertz CT molecular complexity index is 2750. The zero-order chi connectivity index (χ0) is 30.7. The Labute approximate surface area is 270 Å². The van der Waals surface area contributed by atoms with Crippen LogP contribution in [0.5, 0.6) is 0 Å². The van der Waals surface area contributed by atoms with Gasteiger partial charge in [0.2, 0.25) is 0 Å². The first-order valence-electron chi connectivity index (χ1n) is 16.1. The lowest BCUT2D eigenvalue weighted by atomic mass is 9.70. The van der Waals surface area contributed by atoms with Crippen molar-refractivity contribution in [3.63, 3.8) is 0 Å². The quantitative estimate of drug-likeness (QED) is 0.177. The Kier molecular flexibility index (Phi) is 4.78. The average Bonchev–Trinajstić information content (AvgIpc) is 3.61. The summed E-state index contributed by atoms with van der Waals surface area (Å²) in [5.74, 6) is 0. The molecule has 0 fully saturated rings. The summed E-state index contributed by atoms with van der Waals surface area (Å²) >= 11 is 0. The van der Waals surface area contributed by atoms with Crippen LogP contribution in [0, 0.1) is 0 Å². The third-order valence-corrected chi connectivity index (χ3v) is 10.5. The molecule has 0 bridgehead atoms. The third-order valence-electron chi connectivity index (χ3n) is 10.5. The predicted octanol–water partition coefficient (Wildman–Crippen LogP) is 10.5. The van der Waals surface area contributed by atoms with Gasteiger partial charge in [0.25, 0.3) is 0 Å². The standard InChI is InChI=1S/C44H25N3/c1-2-15-33-28(11-1)35-25-46-43-34(22-19-26-10-9-23-45-41(26)43)42(35)47-40(33)27-20-21-32-31-14-5-8-18-38(31)44(39(32)24-27)36-16-6-3-12-29(36)30-13-4-7-17-37(30)44/h1-25H. The lowest BCUT2D eigenvalue weighted by Crippen LogP contribution is -2.25. The van der Waals surface area contributed by atoms with Crippen LogP contribution in [0.2, 0.25) is 0 Å². The van der Waals surface area contributed by atoms with Crippen molar-refractivity contribution < 1.29 is 0 Å². The van der Waals surface area contributed by atoms with E-state index in [0.29, 0.717) is 0 Å². The molecule has 0 N–H and O–H groups in total. The first kappa shape index (κ1) is 25.1. The number of pyridine rings is 3. The summed E-state index contributed by atoms with van der Waals surface area (Å²) in [4.78, 5) is 15.2. The third kappa shape index (κ3) is 3.09. The van der Waals surface area contributed by atoms with E-state index in [2.05, 4.69) is 133 Å². The maximum Gasteiger partial charge on any atom is 0.0986 e. The van der Waals surface area contributed by atoms with Crippen LogP contribution >= 0.6 is 0 Å². The van der Waals surface area contributed by atoms with E-state index in [4.69, 9.17) is 15.0 Å². The molecule has 0 aliphatic heterocycles. The van der Waals surface area contributed by atoms with Crippen LogP contribution < -0.4 is 0 Å². The average molecular weight is 596 g/mol. The molecule has 11 rings (SSSR count). The fourth-order valence-corrected chi connectivity index (χ4v) is 8.66. The Balaban J connectivity index is 1.25. The molecule has 216 valence electrons. The molecule has 2 aliphatic carbocycles. The minimum atomic E-state index is -0.400. The van der Waals surface area contributed by atoms with Crippen LogP contribution in [0.3, 0.4) is 0 Å². The van der Waals surface area contributed by atoms with Crippen LogP contribution in [-0.2, 0) is 5.41 Å². The number of aromatic nitrogens is 3. The number of rotatable bonds is 1. The summed E-state index contributed by atoms with van der Waals surface area (Å²) in [6.45, 7) is 0. The van der Waals surface area contributed by atoms with Gasteiger partial charge in [-0.2, -0.15) is 0 Å². The first-order valence-corrected chi connectivity index (χ1v) is 16.1. The zero-order valence-electron chi connectivity index (χ0n) is 25.3. The molecule has 3 aromatic heterocycles. The molecule has 0 unspecified atom stereocenters. The summed E-state index contributed by atoms with van der Waals surface area (Å²) in [6, 6.07) is 50.9. The van der Waals surface area contributed by atoms with Crippen molar-refractivity contribution in [1.29, 1.82) is 0 Å². The first-order chi connectivity index (χ1) is 23.3. The monoisotopic (exact) mass is 595 g/mol. The van der Waals surface area contributed by atoms with Gasteiger partial charge in [-0.3, -0.25) is 9.97 Å². The van der Waals surface area contributed by atoms with E-state index in [9.17, 15) is 0 Å². The van der Waals surface area contributed by atoms with Gasteiger partial charge in [-0.1, -0.05) is 121 Å². The highest BCUT2D eigenvalue weighted by Gasteiger charge is 2.51. The molecule has 0 radical (unpaired) electrons. The van der Waals surface area contributed by atoms with Gasteiger partial charge in [0.1, 0.15) is 0 Å². The largest absolute Gasteiger partial charge is 0.254 e. The van der Waals surface area contributed by atoms with Crippen LogP contribution in [-0.4, -0.2) is 15.0 Å². The maximum absolute atomic E-state index is 5.52. The van der Waals surface area contributed by atoms with E-state index in [-0.39, 0.29) is 0 Å². The van der Waals surface area contributed by atoms with Crippen LogP contribution in [0.15, 0.2) is 152 Å². The van der Waals surface area contributed by atoms with Crippen molar-refractivity contribution in [2.75, 3.05) is 0 Å².